The number of alkyl halides is 2. The van der Waals surface area contributed by atoms with E-state index in [1.165, 1.54) is 57.2 Å². The molecular formula is C32H45F4NO. The third-order valence-corrected chi connectivity index (χ3v) is 7.83. The van der Waals surface area contributed by atoms with E-state index in [1.54, 1.807) is 12.1 Å². The smallest absolute Gasteiger partial charge is 0.279 e. The van der Waals surface area contributed by atoms with Gasteiger partial charge in [0.25, 0.3) is 5.92 Å². The van der Waals surface area contributed by atoms with E-state index in [4.69, 9.17) is 4.74 Å². The van der Waals surface area contributed by atoms with Crippen molar-refractivity contribution in [2.24, 2.45) is 5.92 Å². The first-order chi connectivity index (χ1) is 18.4. The predicted molar refractivity (Wildman–Crippen MR) is 147 cm³/mol. The Morgan fingerprint density at radius 3 is 2.11 bits per heavy atom. The standard InChI is InChI=1S/C32H45F4NO/c1-3-5-7-9-11-12-14-16-25-18-17-24-22-27(30(33)31(34)29(24)32(25,35)36)28-20-19-26(23-37-28)38-21-15-13-10-8-6-4-2/h19-20,22-23,25H,3-18,21H2,1-2H3. The highest BCUT2D eigenvalue weighted by molar-refractivity contribution is 5.63. The second-order valence-electron chi connectivity index (χ2n) is 10.9. The number of unbranched alkanes of at least 4 members (excludes halogenated alkanes) is 11. The molecular weight excluding hydrogens is 490 g/mol. The van der Waals surface area contributed by atoms with Crippen LogP contribution < -0.4 is 4.74 Å². The van der Waals surface area contributed by atoms with Gasteiger partial charge >= 0.3 is 0 Å². The van der Waals surface area contributed by atoms with Crippen LogP contribution in [0.15, 0.2) is 24.4 Å². The van der Waals surface area contributed by atoms with Gasteiger partial charge in [-0.15, -0.1) is 0 Å². The third-order valence-electron chi connectivity index (χ3n) is 7.83. The average Bonchev–Trinajstić information content (AvgIpc) is 2.90. The topological polar surface area (TPSA) is 22.1 Å². The number of aromatic nitrogens is 1. The number of benzene rings is 1. The molecule has 1 aliphatic rings. The van der Waals surface area contributed by atoms with Crippen molar-refractivity contribution in [2.45, 2.75) is 123 Å². The maximum Gasteiger partial charge on any atom is 0.279 e. The van der Waals surface area contributed by atoms with Crippen LogP contribution in [-0.2, 0) is 12.3 Å². The van der Waals surface area contributed by atoms with Crippen molar-refractivity contribution < 1.29 is 22.3 Å². The summed E-state index contributed by atoms with van der Waals surface area (Å²) in [5.41, 5.74) is -0.434. The zero-order valence-corrected chi connectivity index (χ0v) is 23.3. The number of hydrogen-bond donors (Lipinski definition) is 0. The summed E-state index contributed by atoms with van der Waals surface area (Å²) in [5, 5.41) is 0. The van der Waals surface area contributed by atoms with Crippen LogP contribution in [0.4, 0.5) is 17.6 Å². The van der Waals surface area contributed by atoms with Crippen molar-refractivity contribution in [3.05, 3.63) is 47.2 Å². The van der Waals surface area contributed by atoms with Gasteiger partial charge in [0.15, 0.2) is 11.6 Å². The van der Waals surface area contributed by atoms with E-state index < -0.39 is 29.0 Å². The number of halogens is 4. The minimum Gasteiger partial charge on any atom is -0.492 e. The number of hydrogen-bond acceptors (Lipinski definition) is 2. The number of aryl methyl sites for hydroxylation is 1. The summed E-state index contributed by atoms with van der Waals surface area (Å²) in [6, 6.07) is 4.60. The van der Waals surface area contributed by atoms with Gasteiger partial charge in [-0.3, -0.25) is 4.98 Å². The van der Waals surface area contributed by atoms with Crippen LogP contribution in [-0.4, -0.2) is 11.6 Å². The molecule has 1 aromatic heterocycles. The number of pyridine rings is 1. The molecule has 1 unspecified atom stereocenters. The summed E-state index contributed by atoms with van der Waals surface area (Å²) in [6.07, 6.45) is 16.7. The fraction of sp³-hybridized carbons (Fsp3) is 0.656. The summed E-state index contributed by atoms with van der Waals surface area (Å²) in [6.45, 7) is 4.92. The van der Waals surface area contributed by atoms with Crippen LogP contribution in [0.1, 0.15) is 121 Å². The Labute approximate surface area is 226 Å². The van der Waals surface area contributed by atoms with Gasteiger partial charge < -0.3 is 4.74 Å². The second kappa shape index (κ2) is 15.5. The molecule has 0 aliphatic heterocycles. The fourth-order valence-corrected chi connectivity index (χ4v) is 5.51. The SMILES string of the molecule is CCCCCCCCCC1CCc2cc(-c3ccc(OCCCCCCCC)cn3)c(F)c(F)c2C1(F)F. The van der Waals surface area contributed by atoms with E-state index in [2.05, 4.69) is 18.8 Å². The zero-order chi connectivity index (χ0) is 27.4. The highest BCUT2D eigenvalue weighted by Gasteiger charge is 2.48. The van der Waals surface area contributed by atoms with Crippen molar-refractivity contribution >= 4 is 0 Å². The molecule has 0 spiro atoms. The van der Waals surface area contributed by atoms with Gasteiger partial charge in [-0.05, 0) is 49.4 Å². The van der Waals surface area contributed by atoms with Crippen LogP contribution >= 0.6 is 0 Å². The van der Waals surface area contributed by atoms with Crippen molar-refractivity contribution in [1.29, 1.82) is 0 Å². The maximum atomic E-state index is 15.4. The lowest BCUT2D eigenvalue weighted by atomic mass is 9.77. The summed E-state index contributed by atoms with van der Waals surface area (Å²) >= 11 is 0. The molecule has 38 heavy (non-hydrogen) atoms. The molecule has 0 saturated heterocycles. The minimum absolute atomic E-state index is 0.0787. The van der Waals surface area contributed by atoms with Gasteiger partial charge in [0, 0.05) is 11.5 Å². The lowest BCUT2D eigenvalue weighted by Gasteiger charge is -2.34. The monoisotopic (exact) mass is 535 g/mol. The molecule has 0 amide bonds. The molecule has 6 heteroatoms. The molecule has 0 N–H and O–H groups in total. The van der Waals surface area contributed by atoms with Crippen LogP contribution in [0.25, 0.3) is 11.3 Å². The van der Waals surface area contributed by atoms with Crippen LogP contribution in [0.3, 0.4) is 0 Å². The van der Waals surface area contributed by atoms with Gasteiger partial charge in [-0.1, -0.05) is 90.9 Å². The Balaban J connectivity index is 1.60. The second-order valence-corrected chi connectivity index (χ2v) is 10.9. The normalized spacial score (nSPS) is 16.4. The lowest BCUT2D eigenvalue weighted by Crippen LogP contribution is -2.33. The molecule has 0 saturated carbocycles. The molecule has 0 bridgehead atoms. The predicted octanol–water partition coefficient (Wildman–Crippen LogP) is 10.6. The third kappa shape index (κ3) is 8.19. The lowest BCUT2D eigenvalue weighted by molar-refractivity contribution is -0.0823. The maximum absolute atomic E-state index is 15.4. The quantitative estimate of drug-likeness (QED) is 0.148. The summed E-state index contributed by atoms with van der Waals surface area (Å²) < 4.78 is 66.7. The average molecular weight is 536 g/mol. The Hall–Kier alpha value is -2.11. The number of rotatable bonds is 17. The molecule has 0 radical (unpaired) electrons. The summed E-state index contributed by atoms with van der Waals surface area (Å²) in [7, 11) is 0. The van der Waals surface area contributed by atoms with E-state index >= 15 is 17.6 Å². The van der Waals surface area contributed by atoms with Crippen LogP contribution in [0.2, 0.25) is 0 Å². The van der Waals surface area contributed by atoms with E-state index in [1.807, 2.05) is 0 Å². The van der Waals surface area contributed by atoms with Crippen LogP contribution in [0.5, 0.6) is 5.75 Å². The van der Waals surface area contributed by atoms with E-state index in [0.717, 1.165) is 32.1 Å². The molecule has 2 aromatic rings. The Morgan fingerprint density at radius 1 is 0.842 bits per heavy atom. The first kappa shape index (κ1) is 30.4. The van der Waals surface area contributed by atoms with Gasteiger partial charge in [0.2, 0.25) is 0 Å². The number of ether oxygens (including phenoxy) is 1. The Bertz CT molecular complexity index is 976. The molecule has 2 nitrogen and oxygen atoms in total. The highest BCUT2D eigenvalue weighted by Crippen LogP contribution is 2.49. The van der Waals surface area contributed by atoms with Crippen molar-refractivity contribution in [2.75, 3.05) is 6.61 Å². The van der Waals surface area contributed by atoms with E-state index in [-0.39, 0.29) is 23.2 Å². The molecule has 1 atom stereocenters. The summed E-state index contributed by atoms with van der Waals surface area (Å²) in [5.74, 6) is -6.46. The fourth-order valence-electron chi connectivity index (χ4n) is 5.51. The van der Waals surface area contributed by atoms with Gasteiger partial charge in [-0.2, -0.15) is 0 Å². The van der Waals surface area contributed by atoms with E-state index in [0.29, 0.717) is 31.6 Å². The molecule has 1 aromatic carbocycles. The summed E-state index contributed by atoms with van der Waals surface area (Å²) in [4.78, 5) is 4.25. The highest BCUT2D eigenvalue weighted by atomic mass is 19.3. The first-order valence-electron chi connectivity index (χ1n) is 14.9. The number of fused-ring (bicyclic) bond motifs is 1. The molecule has 3 rings (SSSR count). The largest absolute Gasteiger partial charge is 0.492 e. The van der Waals surface area contributed by atoms with E-state index in [9.17, 15) is 0 Å². The van der Waals surface area contributed by atoms with Gasteiger partial charge in [0.1, 0.15) is 5.75 Å². The van der Waals surface area contributed by atoms with Gasteiger partial charge in [-0.25, -0.2) is 17.6 Å². The van der Waals surface area contributed by atoms with Crippen molar-refractivity contribution in [3.63, 3.8) is 0 Å². The van der Waals surface area contributed by atoms with Crippen LogP contribution in [0, 0.1) is 17.6 Å². The number of nitrogens with zero attached hydrogens (tertiary/aromatic N) is 1. The minimum atomic E-state index is -3.37. The van der Waals surface area contributed by atoms with Crippen molar-refractivity contribution in [1.82, 2.24) is 4.98 Å². The van der Waals surface area contributed by atoms with Crippen molar-refractivity contribution in [3.8, 4) is 17.0 Å². The molecule has 0 fully saturated rings. The Morgan fingerprint density at radius 2 is 1.47 bits per heavy atom. The molecule has 1 heterocycles. The first-order valence-corrected chi connectivity index (χ1v) is 14.9. The molecule has 1 aliphatic carbocycles. The Kier molecular flexibility index (Phi) is 12.4. The van der Waals surface area contributed by atoms with Gasteiger partial charge in [0.05, 0.1) is 24.1 Å². The molecule has 212 valence electrons. The zero-order valence-electron chi connectivity index (χ0n) is 23.3.